The van der Waals surface area contributed by atoms with Crippen molar-refractivity contribution in [2.75, 3.05) is 19.3 Å². The molecule has 7 atom stereocenters. The first kappa shape index (κ1) is 37.7. The SMILES string of the molecule is CCCCC(NC(=O)C1C2C(CN1C(=O)C(NC(=O)NC1(C3CCCS3(=O)=O)CCCCC1)C(C)(C)C)C2C(Cl)Cl)C(=O)C(=O)NC. The molecule has 0 aromatic rings. The van der Waals surface area contributed by atoms with Gasteiger partial charge in [-0.25, -0.2) is 13.2 Å². The van der Waals surface area contributed by atoms with Gasteiger partial charge in [-0.3, -0.25) is 19.2 Å². The summed E-state index contributed by atoms with van der Waals surface area (Å²) in [4.78, 5) is 67.8. The molecule has 5 amide bonds. The maximum atomic E-state index is 14.4. The number of sulfone groups is 1. The van der Waals surface area contributed by atoms with Crippen molar-refractivity contribution in [3.8, 4) is 0 Å². The van der Waals surface area contributed by atoms with E-state index in [2.05, 4.69) is 21.3 Å². The minimum absolute atomic E-state index is 0.104. The molecule has 2 saturated carbocycles. The molecule has 15 heteroatoms. The number of fused-ring (bicyclic) bond motifs is 1. The Bertz CT molecular complexity index is 1330. The van der Waals surface area contributed by atoms with Crippen molar-refractivity contribution in [2.24, 2.45) is 23.2 Å². The number of hydrogen-bond donors (Lipinski definition) is 4. The second-order valence-corrected chi connectivity index (χ2v) is 18.3. The van der Waals surface area contributed by atoms with E-state index in [1.807, 2.05) is 6.92 Å². The van der Waals surface area contributed by atoms with Crippen LogP contribution in [0.5, 0.6) is 0 Å². The van der Waals surface area contributed by atoms with E-state index in [1.165, 1.54) is 11.9 Å². The molecule has 2 heterocycles. The average molecular weight is 721 g/mol. The fraction of sp³-hybridized carbons (Fsp3) is 0.844. The number of piperidine rings is 1. The molecule has 0 aromatic heterocycles. The third kappa shape index (κ3) is 8.03. The normalized spacial score (nSPS) is 28.9. The minimum atomic E-state index is -3.37. The fourth-order valence-electron chi connectivity index (χ4n) is 8.11. The number of ketones is 1. The number of amides is 5. The molecule has 2 aliphatic heterocycles. The second kappa shape index (κ2) is 14.8. The van der Waals surface area contributed by atoms with Crippen LogP contribution in [-0.2, 0) is 29.0 Å². The number of nitrogens with zero attached hydrogens (tertiary/aromatic N) is 1. The number of hydrogen-bond acceptors (Lipinski definition) is 7. The zero-order valence-electron chi connectivity index (χ0n) is 28.1. The van der Waals surface area contributed by atoms with E-state index < -0.39 is 78.5 Å². The predicted molar refractivity (Wildman–Crippen MR) is 180 cm³/mol. The molecule has 4 aliphatic rings. The maximum absolute atomic E-state index is 14.4. The van der Waals surface area contributed by atoms with Gasteiger partial charge in [0.15, 0.2) is 9.84 Å². The summed E-state index contributed by atoms with van der Waals surface area (Å²) >= 11 is 12.5. The molecule has 0 bridgehead atoms. The Kier molecular flexibility index (Phi) is 11.9. The van der Waals surface area contributed by atoms with E-state index in [4.69, 9.17) is 23.2 Å². The number of likely N-dealkylation sites (tertiary alicyclic amines) is 1. The van der Waals surface area contributed by atoms with Crippen LogP contribution >= 0.6 is 23.2 Å². The summed E-state index contributed by atoms with van der Waals surface area (Å²) in [5.74, 6) is -3.27. The van der Waals surface area contributed by atoms with Gasteiger partial charge in [0.1, 0.15) is 16.9 Å². The molecule has 0 aromatic carbocycles. The lowest BCUT2D eigenvalue weighted by molar-refractivity contribution is -0.145. The quantitative estimate of drug-likeness (QED) is 0.178. The molecule has 4 fully saturated rings. The Balaban J connectivity index is 1.57. The molecule has 266 valence electrons. The average Bonchev–Trinajstić information content (AvgIpc) is 3.37. The summed E-state index contributed by atoms with van der Waals surface area (Å²) in [6.07, 6.45) is 6.28. The Hall–Kier alpha value is -2.12. The number of nitrogens with one attached hydrogen (secondary N) is 4. The molecule has 0 spiro atoms. The number of likely N-dealkylation sites (N-methyl/N-ethyl adjacent to an activating group) is 1. The van der Waals surface area contributed by atoms with Crippen LogP contribution in [0.2, 0.25) is 0 Å². The van der Waals surface area contributed by atoms with Crippen LogP contribution < -0.4 is 21.3 Å². The van der Waals surface area contributed by atoms with Gasteiger partial charge in [-0.15, -0.1) is 23.2 Å². The molecule has 4 rings (SSSR count). The van der Waals surface area contributed by atoms with E-state index >= 15 is 0 Å². The first-order chi connectivity index (χ1) is 22.0. The molecule has 47 heavy (non-hydrogen) atoms. The Morgan fingerprint density at radius 3 is 2.19 bits per heavy atom. The van der Waals surface area contributed by atoms with Crippen LogP contribution in [0, 0.1) is 23.2 Å². The second-order valence-electron chi connectivity index (χ2n) is 14.8. The van der Waals surface area contributed by atoms with Crippen LogP contribution in [0.25, 0.3) is 0 Å². The topological polar surface area (TPSA) is 171 Å². The van der Waals surface area contributed by atoms with Crippen LogP contribution in [0.1, 0.15) is 91.9 Å². The lowest BCUT2D eigenvalue weighted by Gasteiger charge is -2.43. The van der Waals surface area contributed by atoms with Gasteiger partial charge in [0, 0.05) is 13.6 Å². The Morgan fingerprint density at radius 2 is 1.66 bits per heavy atom. The first-order valence-electron chi connectivity index (χ1n) is 16.9. The van der Waals surface area contributed by atoms with E-state index in [0.29, 0.717) is 32.1 Å². The van der Waals surface area contributed by atoms with E-state index in [9.17, 15) is 32.4 Å². The molecule has 2 saturated heterocycles. The molecular formula is C32H51Cl2N5O7S. The van der Waals surface area contributed by atoms with Crippen LogP contribution in [-0.4, -0.2) is 95.9 Å². The lowest BCUT2D eigenvalue weighted by atomic mass is 9.78. The fourth-order valence-corrected chi connectivity index (χ4v) is 11.2. The van der Waals surface area contributed by atoms with Crippen molar-refractivity contribution in [3.05, 3.63) is 0 Å². The monoisotopic (exact) mass is 719 g/mol. The van der Waals surface area contributed by atoms with Crippen molar-refractivity contribution < 1.29 is 32.4 Å². The number of rotatable bonds is 12. The third-order valence-electron chi connectivity index (χ3n) is 10.6. The highest BCUT2D eigenvalue weighted by molar-refractivity contribution is 7.92. The molecule has 7 unspecified atom stereocenters. The van der Waals surface area contributed by atoms with Gasteiger partial charge in [-0.1, -0.05) is 59.8 Å². The number of carbonyl (C=O) groups excluding carboxylic acids is 5. The predicted octanol–water partition coefficient (Wildman–Crippen LogP) is 2.85. The largest absolute Gasteiger partial charge is 0.353 e. The minimum Gasteiger partial charge on any atom is -0.353 e. The summed E-state index contributed by atoms with van der Waals surface area (Å²) in [5, 5.41) is 10.3. The number of urea groups is 1. The van der Waals surface area contributed by atoms with Gasteiger partial charge in [-0.2, -0.15) is 0 Å². The van der Waals surface area contributed by atoms with Gasteiger partial charge >= 0.3 is 6.03 Å². The summed E-state index contributed by atoms with van der Waals surface area (Å²) < 4.78 is 26.0. The third-order valence-corrected chi connectivity index (χ3v) is 13.6. The van der Waals surface area contributed by atoms with Crippen molar-refractivity contribution in [2.45, 2.75) is 126 Å². The zero-order valence-corrected chi connectivity index (χ0v) is 30.4. The molecule has 4 N–H and O–H groups in total. The van der Waals surface area contributed by atoms with Gasteiger partial charge in [-0.05, 0) is 55.3 Å². The van der Waals surface area contributed by atoms with Crippen LogP contribution in [0.3, 0.4) is 0 Å². The van der Waals surface area contributed by atoms with E-state index in [0.717, 1.165) is 25.7 Å². The van der Waals surface area contributed by atoms with E-state index in [-0.39, 0.29) is 36.5 Å². The number of halogens is 2. The van der Waals surface area contributed by atoms with Crippen molar-refractivity contribution in [1.82, 2.24) is 26.2 Å². The smallest absolute Gasteiger partial charge is 0.315 e. The van der Waals surface area contributed by atoms with Crippen molar-refractivity contribution in [3.63, 3.8) is 0 Å². The molecular weight excluding hydrogens is 669 g/mol. The van der Waals surface area contributed by atoms with Crippen molar-refractivity contribution >= 4 is 62.6 Å². The number of carbonyl (C=O) groups is 5. The summed E-state index contributed by atoms with van der Waals surface area (Å²) in [5.41, 5.74) is -1.70. The number of Topliss-reactive ketones (excluding diaryl/α,β-unsaturated/α-hetero) is 1. The number of unbranched alkanes of at least 4 members (excludes halogenated alkanes) is 1. The molecule has 12 nitrogen and oxygen atoms in total. The molecule has 2 aliphatic carbocycles. The Labute approximate surface area is 288 Å². The summed E-state index contributed by atoms with van der Waals surface area (Å²) in [6, 6.07) is -3.77. The van der Waals surface area contributed by atoms with Gasteiger partial charge in [0.25, 0.3) is 5.91 Å². The summed E-state index contributed by atoms with van der Waals surface area (Å²) in [7, 11) is -2.03. The van der Waals surface area contributed by atoms with Crippen molar-refractivity contribution in [1.29, 1.82) is 0 Å². The van der Waals surface area contributed by atoms with Crippen LogP contribution in [0.15, 0.2) is 0 Å². The standard InChI is InChI=1S/C32H51Cl2N5O7S/c1-6-7-12-19(24(40)28(42)35-5)36-27(41)23-21-18(22(21)26(33)34)17-39(23)29(43)25(31(2,3)4)37-30(44)38-32(14-9-8-10-15-32)20-13-11-16-47(20,45)46/h18-23,25-26H,6-17H2,1-5H3,(H,35,42)(H,36,41)(H2,37,38,44). The van der Waals surface area contributed by atoms with E-state index in [1.54, 1.807) is 20.8 Å². The highest BCUT2D eigenvalue weighted by Crippen LogP contribution is 2.59. The first-order valence-corrected chi connectivity index (χ1v) is 19.5. The molecule has 0 radical (unpaired) electrons. The van der Waals surface area contributed by atoms with Crippen LogP contribution in [0.4, 0.5) is 4.79 Å². The zero-order chi connectivity index (χ0) is 34.9. The van der Waals surface area contributed by atoms with Gasteiger partial charge < -0.3 is 26.2 Å². The Morgan fingerprint density at radius 1 is 1.00 bits per heavy atom. The number of alkyl halides is 2. The van der Waals surface area contributed by atoms with Gasteiger partial charge in [0.2, 0.25) is 17.6 Å². The van der Waals surface area contributed by atoms with Gasteiger partial charge in [0.05, 0.1) is 22.6 Å². The highest BCUT2D eigenvalue weighted by Gasteiger charge is 2.67. The lowest BCUT2D eigenvalue weighted by Crippen LogP contribution is -2.65. The highest BCUT2D eigenvalue weighted by atomic mass is 35.5. The summed E-state index contributed by atoms with van der Waals surface area (Å²) in [6.45, 7) is 7.53. The maximum Gasteiger partial charge on any atom is 0.315 e.